The molecule has 2 aromatic heterocycles. The summed E-state index contributed by atoms with van der Waals surface area (Å²) in [5, 5.41) is 2.69. The fourth-order valence-corrected chi connectivity index (χ4v) is 2.15. The van der Waals surface area contributed by atoms with E-state index in [0.29, 0.717) is 0 Å². The first-order valence-electron chi connectivity index (χ1n) is 6.60. The molecule has 0 spiro atoms. The van der Waals surface area contributed by atoms with Crippen molar-refractivity contribution in [1.82, 2.24) is 14.7 Å². The van der Waals surface area contributed by atoms with E-state index in [9.17, 15) is 9.18 Å². The lowest BCUT2D eigenvalue weighted by molar-refractivity contribution is 0.0946. The van der Waals surface area contributed by atoms with E-state index >= 15 is 0 Å². The number of nitrogens with zero attached hydrogens (tertiary/aromatic N) is 2. The third kappa shape index (κ3) is 2.76. The Bertz CT molecular complexity index is 777. The van der Waals surface area contributed by atoms with E-state index in [0.717, 1.165) is 16.9 Å². The number of imidazole rings is 1. The molecule has 0 aliphatic heterocycles. The Labute approximate surface area is 121 Å². The van der Waals surface area contributed by atoms with Crippen LogP contribution in [0.25, 0.3) is 5.65 Å². The van der Waals surface area contributed by atoms with Crippen LogP contribution in [0.15, 0.2) is 48.8 Å². The average Bonchev–Trinajstić information content (AvgIpc) is 2.90. The summed E-state index contributed by atoms with van der Waals surface area (Å²) in [4.78, 5) is 16.4. The summed E-state index contributed by atoms with van der Waals surface area (Å²) in [6.07, 6.45) is 3.72. The number of hydrogen-bond donors (Lipinski definition) is 1. The molecule has 0 bridgehead atoms. The maximum Gasteiger partial charge on any atom is 0.254 e. The highest BCUT2D eigenvalue weighted by Crippen LogP contribution is 2.10. The first-order valence-corrected chi connectivity index (χ1v) is 6.60. The molecular weight excluding hydrogens is 269 g/mol. The molecule has 0 unspecified atom stereocenters. The highest BCUT2D eigenvalue weighted by Gasteiger charge is 2.12. The molecular formula is C16H14FN3O. The zero-order valence-corrected chi connectivity index (χ0v) is 11.5. The minimum Gasteiger partial charge on any atom is -0.346 e. The van der Waals surface area contributed by atoms with Gasteiger partial charge in [-0.2, -0.15) is 0 Å². The van der Waals surface area contributed by atoms with Gasteiger partial charge in [0.2, 0.25) is 0 Å². The largest absolute Gasteiger partial charge is 0.346 e. The van der Waals surface area contributed by atoms with E-state index in [-0.39, 0.29) is 12.1 Å². The number of rotatable bonds is 3. The third-order valence-electron chi connectivity index (χ3n) is 3.21. The zero-order valence-electron chi connectivity index (χ0n) is 11.5. The van der Waals surface area contributed by atoms with Gasteiger partial charge in [-0.05, 0) is 31.2 Å². The summed E-state index contributed by atoms with van der Waals surface area (Å²) in [5.74, 6) is -0.957. The van der Waals surface area contributed by atoms with Crippen molar-refractivity contribution < 1.29 is 9.18 Å². The van der Waals surface area contributed by atoms with Gasteiger partial charge in [-0.25, -0.2) is 9.37 Å². The van der Waals surface area contributed by atoms with Crippen molar-refractivity contribution in [1.29, 1.82) is 0 Å². The van der Waals surface area contributed by atoms with Gasteiger partial charge in [0.25, 0.3) is 5.91 Å². The van der Waals surface area contributed by atoms with E-state index in [1.54, 1.807) is 6.07 Å². The van der Waals surface area contributed by atoms with Crippen molar-refractivity contribution in [2.24, 2.45) is 0 Å². The maximum absolute atomic E-state index is 13.6. The molecule has 0 atom stereocenters. The van der Waals surface area contributed by atoms with E-state index in [1.807, 2.05) is 41.9 Å². The number of aromatic nitrogens is 2. The Balaban J connectivity index is 1.74. The molecule has 0 aliphatic carbocycles. The number of aryl methyl sites for hydroxylation is 1. The topological polar surface area (TPSA) is 46.4 Å². The maximum atomic E-state index is 13.6. The fourth-order valence-electron chi connectivity index (χ4n) is 2.15. The van der Waals surface area contributed by atoms with Gasteiger partial charge in [0.1, 0.15) is 11.5 Å². The van der Waals surface area contributed by atoms with Gasteiger partial charge in [0, 0.05) is 12.4 Å². The molecule has 4 nitrogen and oxygen atoms in total. The average molecular weight is 283 g/mol. The second-order valence-corrected chi connectivity index (χ2v) is 4.86. The molecule has 0 saturated carbocycles. The molecule has 1 aromatic carbocycles. The highest BCUT2D eigenvalue weighted by molar-refractivity contribution is 5.94. The van der Waals surface area contributed by atoms with Crippen LogP contribution in [0.4, 0.5) is 4.39 Å². The lowest BCUT2D eigenvalue weighted by Gasteiger charge is -2.05. The first-order chi connectivity index (χ1) is 10.1. The minimum absolute atomic E-state index is 0.0544. The van der Waals surface area contributed by atoms with Gasteiger partial charge in [0.15, 0.2) is 0 Å². The van der Waals surface area contributed by atoms with Crippen molar-refractivity contribution in [2.75, 3.05) is 0 Å². The molecule has 0 aliphatic rings. The summed E-state index contributed by atoms with van der Waals surface area (Å²) in [7, 11) is 0. The van der Waals surface area contributed by atoms with Crippen LogP contribution >= 0.6 is 0 Å². The monoisotopic (exact) mass is 283 g/mol. The summed E-state index contributed by atoms with van der Waals surface area (Å²) >= 11 is 0. The molecule has 5 heteroatoms. The summed E-state index contributed by atoms with van der Waals surface area (Å²) in [5.41, 5.74) is 2.43. The molecule has 3 aromatic rings. The fraction of sp³-hybridized carbons (Fsp3) is 0.125. The van der Waals surface area contributed by atoms with Gasteiger partial charge >= 0.3 is 0 Å². The molecule has 0 saturated heterocycles. The number of halogens is 1. The number of nitrogens with one attached hydrogen (secondary N) is 1. The number of amides is 1. The number of fused-ring (bicyclic) bond motifs is 1. The second-order valence-electron chi connectivity index (χ2n) is 4.86. The van der Waals surface area contributed by atoms with E-state index < -0.39 is 11.7 Å². The van der Waals surface area contributed by atoms with E-state index in [4.69, 9.17) is 0 Å². The summed E-state index contributed by atoms with van der Waals surface area (Å²) in [6, 6.07) is 10.1. The molecule has 0 radical (unpaired) electrons. The Hall–Kier alpha value is -2.69. The quantitative estimate of drug-likeness (QED) is 0.803. The standard InChI is InChI=1S/C16H14FN3O/c1-11-5-6-14(17)13(8-11)16(21)18-9-12-10-20-7-3-2-4-15(20)19-12/h2-8,10H,9H2,1H3,(H,18,21). The number of carbonyl (C=O) groups excluding carboxylic acids is 1. The number of pyridine rings is 1. The van der Waals surface area contributed by atoms with Gasteiger partial charge in [-0.15, -0.1) is 0 Å². The number of hydrogen-bond acceptors (Lipinski definition) is 2. The van der Waals surface area contributed by atoms with Crippen molar-refractivity contribution >= 4 is 11.6 Å². The third-order valence-corrected chi connectivity index (χ3v) is 3.21. The van der Waals surface area contributed by atoms with Gasteiger partial charge in [-0.3, -0.25) is 4.79 Å². The molecule has 106 valence electrons. The van der Waals surface area contributed by atoms with E-state index in [1.165, 1.54) is 12.1 Å². The lowest BCUT2D eigenvalue weighted by Crippen LogP contribution is -2.24. The summed E-state index contributed by atoms with van der Waals surface area (Å²) in [6.45, 7) is 2.08. The Kier molecular flexibility index (Phi) is 3.39. The predicted octanol–water partition coefficient (Wildman–Crippen LogP) is 2.71. The highest BCUT2D eigenvalue weighted by atomic mass is 19.1. The van der Waals surface area contributed by atoms with Crippen LogP contribution in [0, 0.1) is 12.7 Å². The van der Waals surface area contributed by atoms with Gasteiger partial charge < -0.3 is 9.72 Å². The molecule has 1 N–H and O–H groups in total. The van der Waals surface area contributed by atoms with Crippen molar-refractivity contribution in [3.63, 3.8) is 0 Å². The van der Waals surface area contributed by atoms with E-state index in [2.05, 4.69) is 10.3 Å². The molecule has 21 heavy (non-hydrogen) atoms. The predicted molar refractivity (Wildman–Crippen MR) is 77.5 cm³/mol. The summed E-state index contributed by atoms with van der Waals surface area (Å²) < 4.78 is 15.5. The molecule has 1 amide bonds. The molecule has 3 rings (SSSR count). The van der Waals surface area contributed by atoms with Crippen LogP contribution in [-0.4, -0.2) is 15.3 Å². The van der Waals surface area contributed by atoms with Gasteiger partial charge in [0.05, 0.1) is 17.8 Å². The number of carbonyl (C=O) groups is 1. The lowest BCUT2D eigenvalue weighted by atomic mass is 10.1. The van der Waals surface area contributed by atoms with Crippen molar-refractivity contribution in [3.8, 4) is 0 Å². The Morgan fingerprint density at radius 2 is 2.19 bits per heavy atom. The Morgan fingerprint density at radius 1 is 1.33 bits per heavy atom. The van der Waals surface area contributed by atoms with Crippen LogP contribution < -0.4 is 5.32 Å². The Morgan fingerprint density at radius 3 is 3.00 bits per heavy atom. The van der Waals surface area contributed by atoms with Crippen LogP contribution in [0.1, 0.15) is 21.6 Å². The van der Waals surface area contributed by atoms with Crippen LogP contribution in [0.5, 0.6) is 0 Å². The van der Waals surface area contributed by atoms with Crippen LogP contribution in [-0.2, 0) is 6.54 Å². The van der Waals surface area contributed by atoms with Crippen molar-refractivity contribution in [3.05, 3.63) is 71.4 Å². The first kappa shape index (κ1) is 13.3. The minimum atomic E-state index is -0.520. The van der Waals surface area contributed by atoms with Crippen molar-refractivity contribution in [2.45, 2.75) is 13.5 Å². The molecule has 0 fully saturated rings. The smallest absolute Gasteiger partial charge is 0.254 e. The van der Waals surface area contributed by atoms with Gasteiger partial charge in [-0.1, -0.05) is 17.7 Å². The van der Waals surface area contributed by atoms with Crippen LogP contribution in [0.3, 0.4) is 0 Å². The normalized spacial score (nSPS) is 10.8. The molecule has 2 heterocycles. The zero-order chi connectivity index (χ0) is 14.8. The SMILES string of the molecule is Cc1ccc(F)c(C(=O)NCc2cn3ccccc3n2)c1. The number of benzene rings is 1. The van der Waals surface area contributed by atoms with Crippen LogP contribution in [0.2, 0.25) is 0 Å². The second kappa shape index (κ2) is 5.36.